The van der Waals surface area contributed by atoms with Crippen LogP contribution in [-0.2, 0) is 6.42 Å². The van der Waals surface area contributed by atoms with Crippen LogP contribution in [0.2, 0.25) is 5.02 Å². The summed E-state index contributed by atoms with van der Waals surface area (Å²) in [5.74, 6) is 0.839. The molecule has 1 aromatic heterocycles. The van der Waals surface area contributed by atoms with Gasteiger partial charge in [0, 0.05) is 17.8 Å². The van der Waals surface area contributed by atoms with E-state index in [2.05, 4.69) is 27.4 Å². The predicted molar refractivity (Wildman–Crippen MR) is 75.0 cm³/mol. The van der Waals surface area contributed by atoms with Crippen molar-refractivity contribution in [1.29, 1.82) is 0 Å². The average Bonchev–Trinajstić information content (AvgIpc) is 2.37. The molecule has 3 nitrogen and oxygen atoms in total. The van der Waals surface area contributed by atoms with Crippen molar-refractivity contribution in [1.82, 2.24) is 9.97 Å². The van der Waals surface area contributed by atoms with Gasteiger partial charge < -0.3 is 5.32 Å². The second kappa shape index (κ2) is 6.36. The first kappa shape index (κ1) is 12.8. The number of rotatable bonds is 5. The fraction of sp³-hybridized carbons (Fsp3) is 0.286. The highest BCUT2D eigenvalue weighted by atomic mass is 35.5. The van der Waals surface area contributed by atoms with E-state index >= 15 is 0 Å². The summed E-state index contributed by atoms with van der Waals surface area (Å²) in [4.78, 5) is 8.43. The van der Waals surface area contributed by atoms with E-state index in [1.54, 1.807) is 12.4 Å². The second-order valence-corrected chi connectivity index (χ2v) is 4.64. The molecule has 0 aliphatic rings. The fourth-order valence-electron chi connectivity index (χ4n) is 1.71. The van der Waals surface area contributed by atoms with Gasteiger partial charge in [-0.3, -0.25) is 4.98 Å². The van der Waals surface area contributed by atoms with Gasteiger partial charge in [-0.05, 0) is 37.5 Å². The van der Waals surface area contributed by atoms with Crippen molar-refractivity contribution in [2.24, 2.45) is 0 Å². The Morgan fingerprint density at radius 3 is 2.67 bits per heavy atom. The number of hydrogen-bond donors (Lipinski definition) is 1. The molecule has 0 spiro atoms. The van der Waals surface area contributed by atoms with Crippen molar-refractivity contribution in [3.63, 3.8) is 0 Å². The summed E-state index contributed by atoms with van der Waals surface area (Å²) in [5.41, 5.74) is 2.23. The Kier molecular flexibility index (Phi) is 4.53. The number of nitrogens with one attached hydrogen (secondary N) is 1. The van der Waals surface area contributed by atoms with E-state index in [9.17, 15) is 0 Å². The summed E-state index contributed by atoms with van der Waals surface area (Å²) in [6, 6.07) is 7.98. The van der Waals surface area contributed by atoms with Gasteiger partial charge in [-0.2, -0.15) is 0 Å². The van der Waals surface area contributed by atoms with Crippen LogP contribution in [0.15, 0.2) is 36.7 Å². The first-order valence-electron chi connectivity index (χ1n) is 6.01. The number of anilines is 1. The lowest BCUT2D eigenvalue weighted by molar-refractivity contribution is 0.856. The van der Waals surface area contributed by atoms with Crippen molar-refractivity contribution >= 4 is 17.4 Å². The van der Waals surface area contributed by atoms with E-state index in [0.29, 0.717) is 0 Å². The van der Waals surface area contributed by atoms with Gasteiger partial charge in [0.1, 0.15) is 5.82 Å². The number of nitrogens with zero attached hydrogens (tertiary/aromatic N) is 2. The summed E-state index contributed by atoms with van der Waals surface area (Å²) in [6.07, 6.45) is 5.58. The van der Waals surface area contributed by atoms with Crippen LogP contribution in [-0.4, -0.2) is 16.5 Å². The van der Waals surface area contributed by atoms with Crippen LogP contribution >= 0.6 is 11.6 Å². The topological polar surface area (TPSA) is 37.8 Å². The molecular weight excluding hydrogens is 246 g/mol. The molecule has 0 saturated carbocycles. The number of aromatic nitrogens is 2. The maximum absolute atomic E-state index is 5.84. The van der Waals surface area contributed by atoms with Crippen LogP contribution in [0.3, 0.4) is 0 Å². The molecule has 0 aliphatic heterocycles. The normalized spacial score (nSPS) is 10.3. The minimum Gasteiger partial charge on any atom is -0.369 e. The third-order valence-electron chi connectivity index (χ3n) is 2.62. The molecule has 1 aromatic carbocycles. The summed E-state index contributed by atoms with van der Waals surface area (Å²) < 4.78 is 0. The van der Waals surface area contributed by atoms with Crippen LogP contribution in [0, 0.1) is 6.92 Å². The molecular formula is C14H16ClN3. The van der Waals surface area contributed by atoms with Crippen molar-refractivity contribution in [3.8, 4) is 0 Å². The number of halogens is 1. The van der Waals surface area contributed by atoms with E-state index in [4.69, 9.17) is 11.6 Å². The van der Waals surface area contributed by atoms with E-state index in [-0.39, 0.29) is 0 Å². The highest BCUT2D eigenvalue weighted by Crippen LogP contribution is 2.11. The molecule has 4 heteroatoms. The van der Waals surface area contributed by atoms with Crippen molar-refractivity contribution in [3.05, 3.63) is 52.9 Å². The molecule has 1 heterocycles. The first-order chi connectivity index (χ1) is 8.74. The Hall–Kier alpha value is -1.61. The number of aryl methyl sites for hydroxylation is 2. The molecule has 0 amide bonds. The molecule has 0 aliphatic carbocycles. The molecule has 18 heavy (non-hydrogen) atoms. The lowest BCUT2D eigenvalue weighted by Crippen LogP contribution is -2.05. The molecule has 1 N–H and O–H groups in total. The van der Waals surface area contributed by atoms with Gasteiger partial charge in [-0.25, -0.2) is 4.98 Å². The van der Waals surface area contributed by atoms with E-state index in [1.165, 1.54) is 5.56 Å². The molecule has 2 rings (SSSR count). The summed E-state index contributed by atoms with van der Waals surface area (Å²) in [6.45, 7) is 2.83. The molecule has 0 saturated heterocycles. The lowest BCUT2D eigenvalue weighted by Gasteiger charge is -2.05. The molecule has 94 valence electrons. The molecule has 2 aromatic rings. The Labute approximate surface area is 112 Å². The summed E-state index contributed by atoms with van der Waals surface area (Å²) in [5, 5.41) is 4.05. The zero-order valence-electron chi connectivity index (χ0n) is 10.4. The average molecular weight is 262 g/mol. The van der Waals surface area contributed by atoms with E-state index in [0.717, 1.165) is 35.9 Å². The Bertz CT molecular complexity index is 497. The summed E-state index contributed by atoms with van der Waals surface area (Å²) in [7, 11) is 0. The fourth-order valence-corrected chi connectivity index (χ4v) is 1.83. The molecule has 0 bridgehead atoms. The minimum atomic E-state index is 0.784. The standard InChI is InChI=1S/C14H16ClN3/c1-11-9-16-10-14(18-11)17-8-2-3-12-4-6-13(15)7-5-12/h4-7,9-10H,2-3,8H2,1H3,(H,17,18). The SMILES string of the molecule is Cc1cncc(NCCCc2ccc(Cl)cc2)n1. The maximum Gasteiger partial charge on any atom is 0.144 e. The second-order valence-electron chi connectivity index (χ2n) is 4.20. The van der Waals surface area contributed by atoms with Crippen molar-refractivity contribution in [2.45, 2.75) is 19.8 Å². The van der Waals surface area contributed by atoms with Crippen LogP contribution < -0.4 is 5.32 Å². The van der Waals surface area contributed by atoms with Crippen LogP contribution in [0.4, 0.5) is 5.82 Å². The first-order valence-corrected chi connectivity index (χ1v) is 6.39. The minimum absolute atomic E-state index is 0.784. The largest absolute Gasteiger partial charge is 0.369 e. The Morgan fingerprint density at radius 1 is 1.17 bits per heavy atom. The van der Waals surface area contributed by atoms with Gasteiger partial charge in [0.25, 0.3) is 0 Å². The molecule has 0 fully saturated rings. The van der Waals surface area contributed by atoms with Crippen LogP contribution in [0.1, 0.15) is 17.7 Å². The van der Waals surface area contributed by atoms with E-state index < -0.39 is 0 Å². The summed E-state index contributed by atoms with van der Waals surface area (Å²) >= 11 is 5.84. The Morgan fingerprint density at radius 2 is 1.94 bits per heavy atom. The zero-order valence-corrected chi connectivity index (χ0v) is 11.1. The van der Waals surface area contributed by atoms with Crippen molar-refractivity contribution in [2.75, 3.05) is 11.9 Å². The van der Waals surface area contributed by atoms with Crippen molar-refractivity contribution < 1.29 is 0 Å². The van der Waals surface area contributed by atoms with Gasteiger partial charge in [0.15, 0.2) is 0 Å². The van der Waals surface area contributed by atoms with E-state index in [1.807, 2.05) is 19.1 Å². The highest BCUT2D eigenvalue weighted by Gasteiger charge is 1.96. The molecule has 0 radical (unpaired) electrons. The zero-order chi connectivity index (χ0) is 12.8. The predicted octanol–water partition coefficient (Wildman–Crippen LogP) is 3.48. The van der Waals surface area contributed by atoms with Gasteiger partial charge in [-0.1, -0.05) is 23.7 Å². The molecule has 0 atom stereocenters. The third-order valence-corrected chi connectivity index (χ3v) is 2.87. The van der Waals surface area contributed by atoms with Gasteiger partial charge in [0.05, 0.1) is 11.9 Å². The smallest absolute Gasteiger partial charge is 0.144 e. The quantitative estimate of drug-likeness (QED) is 0.838. The molecule has 0 unspecified atom stereocenters. The highest BCUT2D eigenvalue weighted by molar-refractivity contribution is 6.30. The maximum atomic E-state index is 5.84. The lowest BCUT2D eigenvalue weighted by atomic mass is 10.1. The van der Waals surface area contributed by atoms with Crippen LogP contribution in [0.25, 0.3) is 0 Å². The van der Waals surface area contributed by atoms with Crippen LogP contribution in [0.5, 0.6) is 0 Å². The number of benzene rings is 1. The van der Waals surface area contributed by atoms with Gasteiger partial charge >= 0.3 is 0 Å². The Balaban J connectivity index is 1.74. The monoisotopic (exact) mass is 261 g/mol. The number of hydrogen-bond acceptors (Lipinski definition) is 3. The van der Waals surface area contributed by atoms with Gasteiger partial charge in [0.2, 0.25) is 0 Å². The van der Waals surface area contributed by atoms with Gasteiger partial charge in [-0.15, -0.1) is 0 Å². The third kappa shape index (κ3) is 4.00.